The van der Waals surface area contributed by atoms with E-state index in [2.05, 4.69) is 36.2 Å². The molecule has 0 atom stereocenters. The first-order chi connectivity index (χ1) is 11.3. The fourth-order valence-electron chi connectivity index (χ4n) is 2.97. The number of nitrogens with one attached hydrogen (secondary N) is 1. The van der Waals surface area contributed by atoms with Gasteiger partial charge in [-0.2, -0.15) is 10.1 Å². The molecule has 118 valence electrons. The Morgan fingerprint density at radius 1 is 1.17 bits per heavy atom. The number of hydrogen-bond donors (Lipinski definition) is 1. The first kappa shape index (κ1) is 14.4. The van der Waals surface area contributed by atoms with E-state index in [4.69, 9.17) is 11.6 Å². The van der Waals surface area contributed by atoms with Gasteiger partial charge in [0.25, 0.3) is 0 Å². The summed E-state index contributed by atoms with van der Waals surface area (Å²) in [6.45, 7) is 0.596. The molecule has 3 heterocycles. The van der Waals surface area contributed by atoms with Crippen molar-refractivity contribution in [3.05, 3.63) is 41.4 Å². The predicted octanol–water partition coefficient (Wildman–Crippen LogP) is 3.60. The Morgan fingerprint density at radius 3 is 2.83 bits per heavy atom. The predicted molar refractivity (Wildman–Crippen MR) is 89.4 cm³/mol. The largest absolute Gasteiger partial charge is 0.350 e. The van der Waals surface area contributed by atoms with E-state index in [1.54, 1.807) is 12.3 Å². The zero-order valence-electron chi connectivity index (χ0n) is 12.6. The maximum absolute atomic E-state index is 5.78. The van der Waals surface area contributed by atoms with Gasteiger partial charge >= 0.3 is 0 Å². The molecule has 6 nitrogen and oxygen atoms in total. The van der Waals surface area contributed by atoms with Crippen molar-refractivity contribution in [2.45, 2.75) is 38.3 Å². The van der Waals surface area contributed by atoms with Crippen LogP contribution in [0.5, 0.6) is 0 Å². The van der Waals surface area contributed by atoms with E-state index in [-0.39, 0.29) is 0 Å². The Balaban J connectivity index is 1.50. The van der Waals surface area contributed by atoms with E-state index in [1.165, 1.54) is 25.7 Å². The van der Waals surface area contributed by atoms with Gasteiger partial charge in [-0.15, -0.1) is 0 Å². The number of rotatable bonds is 4. The molecule has 7 heteroatoms. The Morgan fingerprint density at radius 2 is 2.04 bits per heavy atom. The number of anilines is 1. The van der Waals surface area contributed by atoms with Gasteiger partial charge in [-0.3, -0.25) is 4.68 Å². The average Bonchev–Trinajstić information content (AvgIpc) is 3.23. The van der Waals surface area contributed by atoms with Gasteiger partial charge in [0.2, 0.25) is 5.95 Å². The second-order valence-electron chi connectivity index (χ2n) is 5.86. The van der Waals surface area contributed by atoms with Gasteiger partial charge < -0.3 is 5.32 Å². The molecule has 3 aromatic rings. The van der Waals surface area contributed by atoms with Gasteiger partial charge in [-0.1, -0.05) is 30.5 Å². The molecule has 23 heavy (non-hydrogen) atoms. The molecule has 0 bridgehead atoms. The molecule has 4 rings (SSSR count). The van der Waals surface area contributed by atoms with Crippen LogP contribution in [0.25, 0.3) is 11.0 Å². The highest BCUT2D eigenvalue weighted by molar-refractivity contribution is 6.29. The van der Waals surface area contributed by atoms with Crippen LogP contribution < -0.4 is 5.32 Å². The third-order valence-electron chi connectivity index (χ3n) is 4.22. The molecular weight excluding hydrogens is 312 g/mol. The summed E-state index contributed by atoms with van der Waals surface area (Å²) in [5.41, 5.74) is 1.76. The van der Waals surface area contributed by atoms with Gasteiger partial charge in [-0.05, 0) is 24.5 Å². The topological polar surface area (TPSA) is 68.5 Å². The molecule has 0 aromatic carbocycles. The monoisotopic (exact) mass is 328 g/mol. The van der Waals surface area contributed by atoms with Crippen LogP contribution >= 0.6 is 11.6 Å². The Hall–Kier alpha value is -2.21. The Labute approximate surface area is 138 Å². The lowest BCUT2D eigenvalue weighted by molar-refractivity contribution is 0.470. The fraction of sp³-hybridized carbons (Fsp3) is 0.375. The van der Waals surface area contributed by atoms with Crippen molar-refractivity contribution in [2.24, 2.45) is 0 Å². The summed E-state index contributed by atoms with van der Waals surface area (Å²) in [5, 5.41) is 9.29. The molecule has 1 fully saturated rings. The normalized spacial score (nSPS) is 15.3. The highest BCUT2D eigenvalue weighted by atomic mass is 35.5. The highest BCUT2D eigenvalue weighted by Crippen LogP contribution is 2.29. The number of aromatic nitrogens is 5. The summed E-state index contributed by atoms with van der Waals surface area (Å²) in [6.07, 6.45) is 10.6. The SMILES string of the molecule is Clc1ccc(CNc2ncc3cn(C4CCCC4)nc3n2)cn1. The lowest BCUT2D eigenvalue weighted by Crippen LogP contribution is -2.05. The summed E-state index contributed by atoms with van der Waals surface area (Å²) < 4.78 is 2.05. The fourth-order valence-corrected chi connectivity index (χ4v) is 3.08. The van der Waals surface area contributed by atoms with Crippen LogP contribution in [0.1, 0.15) is 37.3 Å². The van der Waals surface area contributed by atoms with Gasteiger partial charge in [-0.25, -0.2) is 9.97 Å². The van der Waals surface area contributed by atoms with Crippen molar-refractivity contribution < 1.29 is 0 Å². The molecule has 1 saturated carbocycles. The van der Waals surface area contributed by atoms with Crippen molar-refractivity contribution in [3.63, 3.8) is 0 Å². The molecule has 0 unspecified atom stereocenters. The van der Waals surface area contributed by atoms with Crippen molar-refractivity contribution in [3.8, 4) is 0 Å². The van der Waals surface area contributed by atoms with Crippen LogP contribution in [0.4, 0.5) is 5.95 Å². The molecule has 1 aliphatic carbocycles. The van der Waals surface area contributed by atoms with E-state index in [0.29, 0.717) is 23.7 Å². The second kappa shape index (κ2) is 6.12. The number of pyridine rings is 1. The lowest BCUT2D eigenvalue weighted by Gasteiger charge is -2.07. The summed E-state index contributed by atoms with van der Waals surface area (Å²) in [6, 6.07) is 4.21. The molecule has 0 aliphatic heterocycles. The van der Waals surface area contributed by atoms with E-state index in [0.717, 1.165) is 16.6 Å². The average molecular weight is 329 g/mol. The second-order valence-corrected chi connectivity index (χ2v) is 6.25. The minimum Gasteiger partial charge on any atom is -0.350 e. The highest BCUT2D eigenvalue weighted by Gasteiger charge is 2.18. The van der Waals surface area contributed by atoms with Gasteiger partial charge in [0.1, 0.15) is 5.15 Å². The molecule has 3 aromatic heterocycles. The van der Waals surface area contributed by atoms with Crippen LogP contribution in [0.2, 0.25) is 5.15 Å². The standard InChI is InChI=1S/C16H17ClN6/c17-14-6-5-11(7-18-14)8-19-16-20-9-12-10-23(22-15(12)21-16)13-3-1-2-4-13/h5-7,9-10,13H,1-4,8H2,(H,19,21,22). The minimum absolute atomic E-state index is 0.490. The molecular formula is C16H17ClN6. The third-order valence-corrected chi connectivity index (χ3v) is 4.44. The van der Waals surface area contributed by atoms with E-state index in [1.807, 2.05) is 12.3 Å². The minimum atomic E-state index is 0.490. The zero-order valence-corrected chi connectivity index (χ0v) is 13.4. The van der Waals surface area contributed by atoms with Crippen molar-refractivity contribution >= 4 is 28.6 Å². The van der Waals surface area contributed by atoms with Crippen molar-refractivity contribution in [2.75, 3.05) is 5.32 Å². The number of halogens is 1. The molecule has 0 saturated heterocycles. The Bertz CT molecular complexity index is 807. The summed E-state index contributed by atoms with van der Waals surface area (Å²) >= 11 is 5.78. The molecule has 1 aliphatic rings. The van der Waals surface area contributed by atoms with Crippen LogP contribution in [-0.4, -0.2) is 24.7 Å². The summed E-state index contributed by atoms with van der Waals surface area (Å²) in [4.78, 5) is 12.9. The van der Waals surface area contributed by atoms with Crippen molar-refractivity contribution in [1.29, 1.82) is 0 Å². The maximum Gasteiger partial charge on any atom is 0.225 e. The summed E-state index contributed by atoms with van der Waals surface area (Å²) in [5.74, 6) is 0.573. The Kier molecular flexibility index (Phi) is 3.83. The maximum atomic E-state index is 5.78. The van der Waals surface area contributed by atoms with Crippen molar-refractivity contribution in [1.82, 2.24) is 24.7 Å². The molecule has 0 radical (unpaired) electrons. The van der Waals surface area contributed by atoms with Crippen LogP contribution in [0.3, 0.4) is 0 Å². The van der Waals surface area contributed by atoms with Gasteiger partial charge in [0, 0.05) is 25.1 Å². The lowest BCUT2D eigenvalue weighted by atomic mass is 10.3. The number of fused-ring (bicyclic) bond motifs is 1. The third kappa shape index (κ3) is 3.12. The first-order valence-corrected chi connectivity index (χ1v) is 8.22. The van der Waals surface area contributed by atoms with Crippen LogP contribution in [0.15, 0.2) is 30.7 Å². The smallest absolute Gasteiger partial charge is 0.225 e. The van der Waals surface area contributed by atoms with Gasteiger partial charge in [0.05, 0.1) is 11.4 Å². The quantitative estimate of drug-likeness (QED) is 0.741. The van der Waals surface area contributed by atoms with Gasteiger partial charge in [0.15, 0.2) is 5.65 Å². The summed E-state index contributed by atoms with van der Waals surface area (Å²) in [7, 11) is 0. The van der Waals surface area contributed by atoms with E-state index in [9.17, 15) is 0 Å². The first-order valence-electron chi connectivity index (χ1n) is 7.84. The van der Waals surface area contributed by atoms with E-state index < -0.39 is 0 Å². The zero-order chi connectivity index (χ0) is 15.6. The van der Waals surface area contributed by atoms with E-state index >= 15 is 0 Å². The van der Waals surface area contributed by atoms with Crippen LogP contribution in [0, 0.1) is 0 Å². The number of nitrogens with zero attached hydrogens (tertiary/aromatic N) is 5. The molecule has 0 spiro atoms. The molecule has 0 amide bonds. The number of hydrogen-bond acceptors (Lipinski definition) is 5. The molecule has 1 N–H and O–H groups in total. The van der Waals surface area contributed by atoms with Crippen LogP contribution in [-0.2, 0) is 6.54 Å².